The molecular formula is C11H13N3S. The molecular weight excluding hydrogens is 206 g/mol. The minimum Gasteiger partial charge on any atom is -0.358 e. The lowest BCUT2D eigenvalue weighted by molar-refractivity contribution is 0.942. The lowest BCUT2D eigenvalue weighted by Crippen LogP contribution is -2.31. The monoisotopic (exact) mass is 219 g/mol. The second-order valence-corrected chi connectivity index (χ2v) is 3.19. The molecule has 1 aromatic rings. The highest BCUT2D eigenvalue weighted by Gasteiger charge is 1.88. The lowest BCUT2D eigenvalue weighted by atomic mass is 10.2. The molecule has 15 heavy (non-hydrogen) atoms. The number of nitrogens with zero attached hydrogens (tertiary/aromatic N) is 1. The highest BCUT2D eigenvalue weighted by atomic mass is 32.1. The van der Waals surface area contributed by atoms with Crippen LogP contribution in [0.4, 0.5) is 0 Å². The van der Waals surface area contributed by atoms with E-state index < -0.39 is 0 Å². The zero-order chi connectivity index (χ0) is 10.9. The van der Waals surface area contributed by atoms with Gasteiger partial charge in [-0.1, -0.05) is 36.4 Å². The van der Waals surface area contributed by atoms with Crippen molar-refractivity contribution < 1.29 is 0 Å². The van der Waals surface area contributed by atoms with E-state index in [0.29, 0.717) is 11.7 Å². The molecule has 0 amide bonds. The van der Waals surface area contributed by atoms with Crippen molar-refractivity contribution in [1.29, 1.82) is 0 Å². The number of hydrogen-bond acceptors (Lipinski definition) is 2. The normalized spacial score (nSPS) is 9.87. The summed E-state index contributed by atoms with van der Waals surface area (Å²) in [6, 6.07) is 9.79. The summed E-state index contributed by atoms with van der Waals surface area (Å²) >= 11 is 4.95. The van der Waals surface area contributed by atoms with Crippen molar-refractivity contribution in [2.45, 2.75) is 0 Å². The molecule has 0 fully saturated rings. The molecule has 0 bridgehead atoms. The SMILES string of the molecule is C=CCNC(=S)N/N=C/c1ccccc1. The second-order valence-electron chi connectivity index (χ2n) is 2.78. The van der Waals surface area contributed by atoms with Gasteiger partial charge in [-0.25, -0.2) is 0 Å². The van der Waals surface area contributed by atoms with Gasteiger partial charge < -0.3 is 5.32 Å². The third-order valence-corrected chi connectivity index (χ3v) is 1.82. The minimum absolute atomic E-state index is 0.488. The first-order chi connectivity index (χ1) is 7.33. The average molecular weight is 219 g/mol. The first-order valence-corrected chi connectivity index (χ1v) is 4.96. The number of hydrazone groups is 1. The van der Waals surface area contributed by atoms with E-state index in [9.17, 15) is 0 Å². The maximum atomic E-state index is 4.95. The summed E-state index contributed by atoms with van der Waals surface area (Å²) in [5.41, 5.74) is 3.73. The molecule has 1 rings (SSSR count). The Bertz CT molecular complexity index is 346. The number of benzene rings is 1. The molecule has 0 aromatic heterocycles. The highest BCUT2D eigenvalue weighted by molar-refractivity contribution is 7.80. The highest BCUT2D eigenvalue weighted by Crippen LogP contribution is 1.92. The van der Waals surface area contributed by atoms with Crippen molar-refractivity contribution in [3.63, 3.8) is 0 Å². The van der Waals surface area contributed by atoms with Crippen molar-refractivity contribution in [2.75, 3.05) is 6.54 Å². The summed E-state index contributed by atoms with van der Waals surface area (Å²) in [6.07, 6.45) is 3.44. The van der Waals surface area contributed by atoms with Crippen LogP contribution >= 0.6 is 12.2 Å². The van der Waals surface area contributed by atoms with Gasteiger partial charge in [-0.3, -0.25) is 5.43 Å². The van der Waals surface area contributed by atoms with Gasteiger partial charge in [0.25, 0.3) is 0 Å². The molecule has 0 aliphatic heterocycles. The van der Waals surface area contributed by atoms with Gasteiger partial charge in [-0.05, 0) is 17.8 Å². The zero-order valence-corrected chi connectivity index (χ0v) is 9.13. The predicted octanol–water partition coefficient (Wildman–Crippen LogP) is 1.67. The van der Waals surface area contributed by atoms with Gasteiger partial charge in [-0.2, -0.15) is 5.10 Å². The van der Waals surface area contributed by atoms with Crippen LogP contribution in [0, 0.1) is 0 Å². The van der Waals surface area contributed by atoms with Gasteiger partial charge >= 0.3 is 0 Å². The molecule has 4 heteroatoms. The van der Waals surface area contributed by atoms with Gasteiger partial charge in [0.1, 0.15) is 0 Å². The third kappa shape index (κ3) is 4.93. The molecule has 0 unspecified atom stereocenters. The largest absolute Gasteiger partial charge is 0.358 e. The minimum atomic E-state index is 0.488. The van der Waals surface area contributed by atoms with Gasteiger partial charge in [0.05, 0.1) is 6.21 Å². The number of rotatable bonds is 4. The molecule has 0 saturated carbocycles. The van der Waals surface area contributed by atoms with E-state index in [1.807, 2.05) is 30.3 Å². The summed E-state index contributed by atoms with van der Waals surface area (Å²) in [7, 11) is 0. The Morgan fingerprint density at radius 1 is 1.40 bits per heavy atom. The summed E-state index contributed by atoms with van der Waals surface area (Å²) in [5.74, 6) is 0. The van der Waals surface area contributed by atoms with Crippen LogP contribution in [0.15, 0.2) is 48.1 Å². The van der Waals surface area contributed by atoms with E-state index in [1.165, 1.54) is 0 Å². The Morgan fingerprint density at radius 3 is 2.80 bits per heavy atom. The molecule has 0 spiro atoms. The molecule has 2 N–H and O–H groups in total. The Balaban J connectivity index is 2.33. The fraction of sp³-hybridized carbons (Fsp3) is 0.0909. The fourth-order valence-electron chi connectivity index (χ4n) is 0.909. The Hall–Kier alpha value is -1.68. The smallest absolute Gasteiger partial charge is 0.187 e. The van der Waals surface area contributed by atoms with Gasteiger partial charge in [0, 0.05) is 6.54 Å². The third-order valence-electron chi connectivity index (χ3n) is 1.59. The van der Waals surface area contributed by atoms with Crippen molar-refractivity contribution in [3.8, 4) is 0 Å². The van der Waals surface area contributed by atoms with Crippen LogP contribution in [0.3, 0.4) is 0 Å². The van der Waals surface area contributed by atoms with Crippen LogP contribution in [-0.4, -0.2) is 17.9 Å². The number of nitrogens with one attached hydrogen (secondary N) is 2. The van der Waals surface area contributed by atoms with E-state index in [-0.39, 0.29) is 0 Å². The van der Waals surface area contributed by atoms with Crippen molar-refractivity contribution in [2.24, 2.45) is 5.10 Å². The van der Waals surface area contributed by atoms with Crippen molar-refractivity contribution in [3.05, 3.63) is 48.6 Å². The molecule has 3 nitrogen and oxygen atoms in total. The van der Waals surface area contributed by atoms with Crippen LogP contribution in [0.2, 0.25) is 0 Å². The van der Waals surface area contributed by atoms with E-state index in [1.54, 1.807) is 12.3 Å². The Morgan fingerprint density at radius 2 is 2.13 bits per heavy atom. The van der Waals surface area contributed by atoms with E-state index in [0.717, 1.165) is 5.56 Å². The van der Waals surface area contributed by atoms with Crippen LogP contribution in [0.5, 0.6) is 0 Å². The van der Waals surface area contributed by atoms with E-state index >= 15 is 0 Å². The number of thiocarbonyl (C=S) groups is 1. The van der Waals surface area contributed by atoms with Crippen LogP contribution < -0.4 is 10.7 Å². The molecule has 0 atom stereocenters. The first-order valence-electron chi connectivity index (χ1n) is 4.56. The van der Waals surface area contributed by atoms with Gasteiger partial charge in [-0.15, -0.1) is 6.58 Å². The molecule has 0 saturated heterocycles. The Kier molecular flexibility index (Phi) is 5.11. The molecule has 0 radical (unpaired) electrons. The summed E-state index contributed by atoms with van der Waals surface area (Å²) in [5, 5.41) is 7.38. The van der Waals surface area contributed by atoms with Gasteiger partial charge in [0.15, 0.2) is 5.11 Å². The van der Waals surface area contributed by atoms with Crippen molar-refractivity contribution in [1.82, 2.24) is 10.7 Å². The molecule has 1 aromatic carbocycles. The van der Waals surface area contributed by atoms with Crippen LogP contribution in [-0.2, 0) is 0 Å². The predicted molar refractivity (Wildman–Crippen MR) is 68.0 cm³/mol. The average Bonchev–Trinajstić information content (AvgIpc) is 2.28. The lowest BCUT2D eigenvalue weighted by Gasteiger charge is -2.02. The molecule has 0 heterocycles. The summed E-state index contributed by atoms with van der Waals surface area (Å²) in [4.78, 5) is 0. The topological polar surface area (TPSA) is 36.4 Å². The fourth-order valence-corrected chi connectivity index (χ4v) is 1.04. The quantitative estimate of drug-likeness (QED) is 0.350. The van der Waals surface area contributed by atoms with E-state index in [2.05, 4.69) is 22.4 Å². The number of hydrogen-bond donors (Lipinski definition) is 2. The second kappa shape index (κ2) is 6.73. The van der Waals surface area contributed by atoms with Crippen LogP contribution in [0.25, 0.3) is 0 Å². The summed E-state index contributed by atoms with van der Waals surface area (Å²) < 4.78 is 0. The first kappa shape index (κ1) is 11.4. The van der Waals surface area contributed by atoms with E-state index in [4.69, 9.17) is 12.2 Å². The van der Waals surface area contributed by atoms with Gasteiger partial charge in [0.2, 0.25) is 0 Å². The molecule has 0 aliphatic rings. The van der Waals surface area contributed by atoms with Crippen LogP contribution in [0.1, 0.15) is 5.56 Å². The van der Waals surface area contributed by atoms with Crippen molar-refractivity contribution >= 4 is 23.5 Å². The zero-order valence-electron chi connectivity index (χ0n) is 8.31. The maximum Gasteiger partial charge on any atom is 0.187 e. The molecule has 0 aliphatic carbocycles. The molecule has 78 valence electrons. The Labute approximate surface area is 94.9 Å². The standard InChI is InChI=1S/C11H13N3S/c1-2-8-12-11(15)14-13-9-10-6-4-3-5-7-10/h2-7,9H,1,8H2,(H2,12,14,15)/b13-9+. The maximum absolute atomic E-state index is 4.95. The summed E-state index contributed by atoms with van der Waals surface area (Å²) in [6.45, 7) is 4.20.